The van der Waals surface area contributed by atoms with Crippen molar-refractivity contribution in [2.24, 2.45) is 16.6 Å². The Labute approximate surface area is 379 Å². The largest absolute Gasteiger partial charge is 0.477 e. The number of carbonyl (C=O) groups is 4. The van der Waals surface area contributed by atoms with E-state index in [1.54, 1.807) is 37.2 Å². The maximum absolute atomic E-state index is 13.2. The van der Waals surface area contributed by atoms with Gasteiger partial charge >= 0.3 is 0 Å². The highest BCUT2D eigenvalue weighted by molar-refractivity contribution is 6.19. The van der Waals surface area contributed by atoms with Crippen LogP contribution in [0.5, 0.6) is 0 Å². The molecule has 1 unspecified atom stereocenters. The molecule has 0 aliphatic carbocycles. The molecular formula is C50H67N9O5. The van der Waals surface area contributed by atoms with E-state index in [1.165, 1.54) is 11.8 Å². The van der Waals surface area contributed by atoms with Gasteiger partial charge in [0.1, 0.15) is 18.6 Å². The molecule has 5 N–H and O–H groups in total. The molecule has 64 heavy (non-hydrogen) atoms. The number of hydrogen-bond donors (Lipinski definition) is 4. The molecule has 0 radical (unpaired) electrons. The molecule has 14 nitrogen and oxygen atoms in total. The molecule has 1 aromatic heterocycles. The van der Waals surface area contributed by atoms with Crippen LogP contribution < -0.4 is 21.7 Å². The number of nitrogens with zero attached hydrogens (tertiary/aromatic N) is 5. The van der Waals surface area contributed by atoms with E-state index in [0.717, 1.165) is 125 Å². The maximum atomic E-state index is 13.2. The van der Waals surface area contributed by atoms with E-state index < -0.39 is 6.04 Å². The number of anilines is 2. The van der Waals surface area contributed by atoms with Gasteiger partial charge in [-0.25, -0.2) is 0 Å². The van der Waals surface area contributed by atoms with Crippen LogP contribution in [0.1, 0.15) is 107 Å². The summed E-state index contributed by atoms with van der Waals surface area (Å²) in [4.78, 5) is 63.7. The van der Waals surface area contributed by atoms with Gasteiger partial charge in [0, 0.05) is 108 Å². The lowest BCUT2D eigenvalue weighted by molar-refractivity contribution is -0.125. The summed E-state index contributed by atoms with van der Waals surface area (Å²) in [6, 6.07) is 15.0. The SMILES string of the molecule is CN=C(OCCC[C@@H](C)CNc1cc(CN2CCN(CCCCCC#Cc3cccc4c3CN(C(CCC=O)C(=O)NC)C4=O)CC2)ccc1NC)C(=CN)c1cc(C=O)cc(C)n1. The van der Waals surface area contributed by atoms with E-state index in [0.29, 0.717) is 53.8 Å². The third kappa shape index (κ3) is 13.7. The number of hydrogen-bond acceptors (Lipinski definition) is 12. The number of unbranched alkanes of at least 4 members (excludes halogenated alkanes) is 3. The Bertz CT molecular complexity index is 2190. The van der Waals surface area contributed by atoms with Crippen molar-refractivity contribution in [3.05, 3.63) is 93.9 Å². The molecule has 1 saturated heterocycles. The van der Waals surface area contributed by atoms with Crippen molar-refractivity contribution in [2.75, 3.05) is 77.7 Å². The molecule has 0 saturated carbocycles. The first-order chi connectivity index (χ1) is 31.1. The summed E-state index contributed by atoms with van der Waals surface area (Å²) in [5, 5.41) is 9.66. The number of rotatable bonds is 23. The van der Waals surface area contributed by atoms with Crippen molar-refractivity contribution in [2.45, 2.75) is 84.3 Å². The van der Waals surface area contributed by atoms with E-state index in [9.17, 15) is 19.2 Å². The molecule has 3 aromatic rings. The molecule has 2 atom stereocenters. The minimum Gasteiger partial charge on any atom is -0.477 e. The molecule has 2 amide bonds. The highest BCUT2D eigenvalue weighted by Crippen LogP contribution is 2.29. The topological polar surface area (TPSA) is 175 Å². The van der Waals surface area contributed by atoms with Gasteiger partial charge in [0.05, 0.1) is 29.2 Å². The second kappa shape index (κ2) is 25.3. The fourth-order valence-electron chi connectivity index (χ4n) is 8.33. The molecule has 0 spiro atoms. The minimum absolute atomic E-state index is 0.189. The number of ether oxygens (including phenoxy) is 1. The minimum atomic E-state index is -0.687. The fraction of sp³-hybridized carbons (Fsp3) is 0.480. The van der Waals surface area contributed by atoms with Gasteiger partial charge in [0.2, 0.25) is 11.8 Å². The van der Waals surface area contributed by atoms with Crippen LogP contribution in [0.4, 0.5) is 11.4 Å². The van der Waals surface area contributed by atoms with Gasteiger partial charge in [-0.3, -0.25) is 29.3 Å². The summed E-state index contributed by atoms with van der Waals surface area (Å²) in [5.41, 5.74) is 14.1. The lowest BCUT2D eigenvalue weighted by Crippen LogP contribution is -2.46. The van der Waals surface area contributed by atoms with Crippen molar-refractivity contribution in [3.8, 4) is 11.8 Å². The summed E-state index contributed by atoms with van der Waals surface area (Å²) in [7, 11) is 5.16. The standard InChI is InChI=1S/C50H67N9O5/c1-36(14-13-27-64-49(54-5)42(31-51)45-30-39(35-61)28-37(2)56-45)32-55-46-29-38(19-20-44(46)52-3)33-58-24-22-57(23-25-58)21-10-8-6-7-9-15-40-16-11-17-41-43(40)34-59(50(41)63)47(18-12-26-60)48(62)53-4/h11,16-17,19-20,26,28-31,35-36,47,52,55H,6-8,10,12-14,18,21-25,27,32-34,51H2,1-5H3,(H,53,62)/t36-,47?/m1/s1. The zero-order chi connectivity index (χ0) is 45.8. The molecule has 342 valence electrons. The van der Waals surface area contributed by atoms with E-state index in [4.69, 9.17) is 10.5 Å². The molecule has 3 heterocycles. The van der Waals surface area contributed by atoms with Crippen LogP contribution in [0.2, 0.25) is 0 Å². The number of amides is 2. The summed E-state index contributed by atoms with van der Waals surface area (Å²) in [5.74, 6) is 6.98. The summed E-state index contributed by atoms with van der Waals surface area (Å²) in [6.07, 6.45) is 9.37. The van der Waals surface area contributed by atoms with Gasteiger partial charge in [-0.05, 0) is 99.0 Å². The van der Waals surface area contributed by atoms with E-state index in [1.807, 2.05) is 26.1 Å². The Balaban J connectivity index is 0.987. The van der Waals surface area contributed by atoms with Gasteiger partial charge in [0.25, 0.3) is 5.91 Å². The first-order valence-corrected chi connectivity index (χ1v) is 22.6. The third-order valence-electron chi connectivity index (χ3n) is 11.9. The number of likely N-dealkylation sites (N-methyl/N-ethyl adjacent to an activating group) is 1. The molecular weight excluding hydrogens is 807 g/mol. The Morgan fingerprint density at radius 3 is 2.52 bits per heavy atom. The molecule has 14 heteroatoms. The van der Waals surface area contributed by atoms with Gasteiger partial charge in [0.15, 0.2) is 0 Å². The average Bonchev–Trinajstić information content (AvgIpc) is 3.65. The van der Waals surface area contributed by atoms with Gasteiger partial charge < -0.3 is 41.0 Å². The first kappa shape index (κ1) is 49.0. The van der Waals surface area contributed by atoms with Crippen molar-refractivity contribution in [1.29, 1.82) is 0 Å². The van der Waals surface area contributed by atoms with E-state index in [2.05, 4.69) is 72.7 Å². The number of aryl methyl sites for hydroxylation is 1. The summed E-state index contributed by atoms with van der Waals surface area (Å²) in [6.45, 7) is 11.9. The van der Waals surface area contributed by atoms with Crippen LogP contribution >= 0.6 is 0 Å². The molecule has 0 bridgehead atoms. The van der Waals surface area contributed by atoms with E-state index in [-0.39, 0.29) is 18.2 Å². The number of benzene rings is 2. The monoisotopic (exact) mass is 874 g/mol. The normalized spacial score (nSPS) is 15.5. The number of piperazine rings is 1. The van der Waals surface area contributed by atoms with Crippen molar-refractivity contribution in [3.63, 3.8) is 0 Å². The Morgan fingerprint density at radius 2 is 1.80 bits per heavy atom. The second-order valence-electron chi connectivity index (χ2n) is 16.6. The number of nitrogens with two attached hydrogens (primary N) is 1. The van der Waals surface area contributed by atoms with Gasteiger partial charge in [-0.15, -0.1) is 0 Å². The molecule has 2 aromatic carbocycles. The van der Waals surface area contributed by atoms with Crippen molar-refractivity contribution in [1.82, 2.24) is 25.0 Å². The predicted molar refractivity (Wildman–Crippen MR) is 255 cm³/mol. The Morgan fingerprint density at radius 1 is 1.00 bits per heavy atom. The highest BCUT2D eigenvalue weighted by Gasteiger charge is 2.36. The number of aromatic nitrogens is 1. The smallest absolute Gasteiger partial charge is 0.255 e. The van der Waals surface area contributed by atoms with E-state index >= 15 is 0 Å². The first-order valence-electron chi connectivity index (χ1n) is 22.6. The number of pyridine rings is 1. The molecule has 2 aliphatic heterocycles. The Hall–Kier alpha value is -6.04. The number of nitrogens with one attached hydrogen (secondary N) is 3. The number of fused-ring (bicyclic) bond motifs is 1. The van der Waals surface area contributed by atoms with Crippen LogP contribution in [-0.4, -0.2) is 123 Å². The third-order valence-corrected chi connectivity index (χ3v) is 11.9. The van der Waals surface area contributed by atoms with Gasteiger partial charge in [-0.2, -0.15) is 0 Å². The maximum Gasteiger partial charge on any atom is 0.255 e. The van der Waals surface area contributed by atoms with Crippen LogP contribution in [-0.2, 0) is 27.4 Å². The highest BCUT2D eigenvalue weighted by atomic mass is 16.5. The van der Waals surface area contributed by atoms with Crippen LogP contribution in [0.25, 0.3) is 5.57 Å². The van der Waals surface area contributed by atoms with Crippen LogP contribution in [0.3, 0.4) is 0 Å². The molecule has 5 rings (SSSR count). The average molecular weight is 874 g/mol. The van der Waals surface area contributed by atoms with Crippen LogP contribution in [0, 0.1) is 24.7 Å². The van der Waals surface area contributed by atoms with Crippen molar-refractivity contribution < 1.29 is 23.9 Å². The van der Waals surface area contributed by atoms with Crippen LogP contribution in [0.15, 0.2) is 59.7 Å². The summed E-state index contributed by atoms with van der Waals surface area (Å²) < 4.78 is 6.05. The lowest BCUT2D eigenvalue weighted by atomic mass is 10.0. The predicted octanol–water partition coefficient (Wildman–Crippen LogP) is 5.90. The quantitative estimate of drug-likeness (QED) is 0.0294. The number of aliphatic imine (C=N–C) groups is 1. The fourth-order valence-corrected chi connectivity index (χ4v) is 8.33. The van der Waals surface area contributed by atoms with Crippen molar-refractivity contribution >= 4 is 47.2 Å². The number of carbonyl (C=O) groups excluding carboxylic acids is 4. The zero-order valence-electron chi connectivity index (χ0n) is 38.4. The molecule has 1 fully saturated rings. The second-order valence-corrected chi connectivity index (χ2v) is 16.6. The Kier molecular flexibility index (Phi) is 19.4. The zero-order valence-corrected chi connectivity index (χ0v) is 38.4. The van der Waals surface area contributed by atoms with Gasteiger partial charge in [-0.1, -0.05) is 37.3 Å². The lowest BCUT2D eigenvalue weighted by Gasteiger charge is -2.34. The summed E-state index contributed by atoms with van der Waals surface area (Å²) >= 11 is 0. The number of aldehydes is 2. The molecule has 2 aliphatic rings.